The maximum absolute atomic E-state index is 13.1. The maximum Gasteiger partial charge on any atom is 0.162 e. The summed E-state index contributed by atoms with van der Waals surface area (Å²) in [5.74, 6) is 0.902. The summed E-state index contributed by atoms with van der Waals surface area (Å²) >= 11 is 5.74. The van der Waals surface area contributed by atoms with Crippen LogP contribution >= 0.6 is 11.6 Å². The van der Waals surface area contributed by atoms with Gasteiger partial charge in [0.2, 0.25) is 0 Å². The van der Waals surface area contributed by atoms with Crippen molar-refractivity contribution in [2.45, 2.75) is 6.54 Å². The summed E-state index contributed by atoms with van der Waals surface area (Å²) in [7, 11) is 3.17. The van der Waals surface area contributed by atoms with Gasteiger partial charge in [0.25, 0.3) is 0 Å². The standard InChI is InChI=1S/C15H15ClFNO2/c1-19-14-6-4-11(8-15(14)20-2)18-9-10-3-5-13(17)12(16)7-10/h3-8,18H,9H2,1-2H3. The van der Waals surface area contributed by atoms with Crippen molar-refractivity contribution in [1.29, 1.82) is 0 Å². The van der Waals surface area contributed by atoms with Crippen LogP contribution in [0.1, 0.15) is 5.56 Å². The average Bonchev–Trinajstić information content (AvgIpc) is 2.48. The van der Waals surface area contributed by atoms with Crippen LogP contribution in [0.5, 0.6) is 11.5 Å². The number of nitrogens with one attached hydrogen (secondary N) is 1. The first-order valence-electron chi connectivity index (χ1n) is 6.04. The molecule has 0 unspecified atom stereocenters. The Morgan fingerprint density at radius 2 is 1.80 bits per heavy atom. The van der Waals surface area contributed by atoms with Gasteiger partial charge in [0.05, 0.1) is 19.2 Å². The van der Waals surface area contributed by atoms with E-state index < -0.39 is 5.82 Å². The van der Waals surface area contributed by atoms with Gasteiger partial charge in [0.1, 0.15) is 5.82 Å². The molecule has 20 heavy (non-hydrogen) atoms. The zero-order valence-corrected chi connectivity index (χ0v) is 12.0. The van der Waals surface area contributed by atoms with Gasteiger partial charge in [0.15, 0.2) is 11.5 Å². The van der Waals surface area contributed by atoms with Crippen molar-refractivity contribution in [3.05, 3.63) is 52.8 Å². The monoisotopic (exact) mass is 295 g/mol. The van der Waals surface area contributed by atoms with Crippen LogP contribution in [0.2, 0.25) is 5.02 Å². The van der Waals surface area contributed by atoms with Gasteiger partial charge >= 0.3 is 0 Å². The molecule has 0 aliphatic rings. The van der Waals surface area contributed by atoms with E-state index in [9.17, 15) is 4.39 Å². The van der Waals surface area contributed by atoms with Gasteiger partial charge in [-0.1, -0.05) is 17.7 Å². The number of hydrogen-bond donors (Lipinski definition) is 1. The summed E-state index contributed by atoms with van der Waals surface area (Å²) in [5.41, 5.74) is 1.77. The number of ether oxygens (including phenoxy) is 2. The predicted octanol–water partition coefficient (Wildman–Crippen LogP) is 4.11. The molecule has 0 amide bonds. The first kappa shape index (κ1) is 14.5. The minimum Gasteiger partial charge on any atom is -0.493 e. The summed E-state index contributed by atoms with van der Waals surface area (Å²) in [6.45, 7) is 0.537. The number of methoxy groups -OCH3 is 2. The molecule has 0 fully saturated rings. The molecule has 0 aliphatic carbocycles. The second-order valence-electron chi connectivity index (χ2n) is 4.17. The molecule has 0 radical (unpaired) electrons. The molecule has 2 aromatic rings. The Balaban J connectivity index is 2.08. The van der Waals surface area contributed by atoms with Gasteiger partial charge in [-0.05, 0) is 29.8 Å². The lowest BCUT2D eigenvalue weighted by Gasteiger charge is -2.11. The highest BCUT2D eigenvalue weighted by atomic mass is 35.5. The van der Waals surface area contributed by atoms with Gasteiger partial charge in [-0.3, -0.25) is 0 Å². The fourth-order valence-electron chi connectivity index (χ4n) is 1.80. The lowest BCUT2D eigenvalue weighted by Crippen LogP contribution is -2.00. The highest BCUT2D eigenvalue weighted by molar-refractivity contribution is 6.30. The van der Waals surface area contributed by atoms with E-state index in [-0.39, 0.29) is 5.02 Å². The number of halogens is 2. The molecule has 2 aromatic carbocycles. The average molecular weight is 296 g/mol. The normalized spacial score (nSPS) is 10.2. The third kappa shape index (κ3) is 3.33. The van der Waals surface area contributed by atoms with Crippen molar-refractivity contribution in [3.63, 3.8) is 0 Å². The van der Waals surface area contributed by atoms with Crippen LogP contribution < -0.4 is 14.8 Å². The van der Waals surface area contributed by atoms with Crippen LogP contribution in [0.15, 0.2) is 36.4 Å². The number of anilines is 1. The minimum absolute atomic E-state index is 0.122. The Hall–Kier alpha value is -1.94. The fraction of sp³-hybridized carbons (Fsp3) is 0.200. The summed E-state index contributed by atoms with van der Waals surface area (Å²) < 4.78 is 23.5. The van der Waals surface area contributed by atoms with Gasteiger partial charge in [-0.25, -0.2) is 4.39 Å². The van der Waals surface area contributed by atoms with E-state index in [1.54, 1.807) is 26.4 Å². The van der Waals surface area contributed by atoms with Crippen molar-refractivity contribution >= 4 is 17.3 Å². The molecular formula is C15H15ClFNO2. The van der Waals surface area contributed by atoms with Gasteiger partial charge in [0, 0.05) is 18.3 Å². The van der Waals surface area contributed by atoms with E-state index >= 15 is 0 Å². The van der Waals surface area contributed by atoms with E-state index in [1.165, 1.54) is 6.07 Å². The van der Waals surface area contributed by atoms with Crippen molar-refractivity contribution in [2.24, 2.45) is 0 Å². The quantitative estimate of drug-likeness (QED) is 0.900. The topological polar surface area (TPSA) is 30.5 Å². The maximum atomic E-state index is 13.1. The molecule has 0 saturated carbocycles. The zero-order chi connectivity index (χ0) is 14.5. The van der Waals surface area contributed by atoms with Crippen molar-refractivity contribution in [1.82, 2.24) is 0 Å². The lowest BCUT2D eigenvalue weighted by molar-refractivity contribution is 0.355. The SMILES string of the molecule is COc1ccc(NCc2ccc(F)c(Cl)c2)cc1OC. The van der Waals surface area contributed by atoms with Crippen molar-refractivity contribution < 1.29 is 13.9 Å². The molecule has 106 valence electrons. The summed E-state index contributed by atoms with van der Waals surface area (Å²) in [6, 6.07) is 10.2. The third-order valence-corrected chi connectivity index (χ3v) is 3.15. The van der Waals surface area contributed by atoms with Crippen molar-refractivity contribution in [3.8, 4) is 11.5 Å². The first-order valence-corrected chi connectivity index (χ1v) is 6.41. The van der Waals surface area contributed by atoms with Gasteiger partial charge in [-0.15, -0.1) is 0 Å². The predicted molar refractivity (Wildman–Crippen MR) is 78.3 cm³/mol. The lowest BCUT2D eigenvalue weighted by atomic mass is 10.2. The Morgan fingerprint density at radius 3 is 2.45 bits per heavy atom. The van der Waals surface area contributed by atoms with E-state index in [2.05, 4.69) is 5.32 Å². The summed E-state index contributed by atoms with van der Waals surface area (Å²) in [6.07, 6.45) is 0. The van der Waals surface area contributed by atoms with Gasteiger partial charge in [-0.2, -0.15) is 0 Å². The molecule has 3 nitrogen and oxygen atoms in total. The molecule has 0 spiro atoms. The van der Waals surface area contributed by atoms with Gasteiger partial charge < -0.3 is 14.8 Å². The molecular weight excluding hydrogens is 281 g/mol. The molecule has 1 N–H and O–H groups in total. The Morgan fingerprint density at radius 1 is 1.05 bits per heavy atom. The number of hydrogen-bond acceptors (Lipinski definition) is 3. The first-order chi connectivity index (χ1) is 9.63. The highest BCUT2D eigenvalue weighted by Gasteiger charge is 2.05. The van der Waals surface area contributed by atoms with Crippen LogP contribution in [0.4, 0.5) is 10.1 Å². The molecule has 0 atom stereocenters. The molecule has 5 heteroatoms. The Labute approximate surface area is 122 Å². The number of rotatable bonds is 5. The molecule has 0 aromatic heterocycles. The van der Waals surface area contributed by atoms with Crippen molar-refractivity contribution in [2.75, 3.05) is 19.5 Å². The largest absolute Gasteiger partial charge is 0.493 e. The highest BCUT2D eigenvalue weighted by Crippen LogP contribution is 2.30. The molecule has 0 aliphatic heterocycles. The van der Waals surface area contributed by atoms with Crippen LogP contribution in [0.3, 0.4) is 0 Å². The van der Waals surface area contributed by atoms with E-state index in [0.717, 1.165) is 11.3 Å². The zero-order valence-electron chi connectivity index (χ0n) is 11.2. The third-order valence-electron chi connectivity index (χ3n) is 2.86. The minimum atomic E-state index is -0.415. The van der Waals surface area contributed by atoms with Crippen LogP contribution in [0.25, 0.3) is 0 Å². The van der Waals surface area contributed by atoms with Crippen LogP contribution in [0, 0.1) is 5.82 Å². The van der Waals surface area contributed by atoms with Crippen LogP contribution in [-0.4, -0.2) is 14.2 Å². The molecule has 2 rings (SSSR count). The Kier molecular flexibility index (Phi) is 4.69. The molecule has 0 bridgehead atoms. The smallest absolute Gasteiger partial charge is 0.162 e. The number of benzene rings is 2. The van der Waals surface area contributed by atoms with Crippen LogP contribution in [-0.2, 0) is 6.54 Å². The van der Waals surface area contributed by atoms with E-state index in [1.807, 2.05) is 18.2 Å². The van der Waals surface area contributed by atoms with E-state index in [0.29, 0.717) is 18.0 Å². The molecule has 0 heterocycles. The summed E-state index contributed by atoms with van der Waals surface area (Å²) in [5, 5.41) is 3.34. The Bertz CT molecular complexity index is 604. The fourth-order valence-corrected chi connectivity index (χ4v) is 2.00. The second kappa shape index (κ2) is 6.48. The second-order valence-corrected chi connectivity index (χ2v) is 4.58. The molecule has 0 saturated heterocycles. The van der Waals surface area contributed by atoms with E-state index in [4.69, 9.17) is 21.1 Å². The summed E-state index contributed by atoms with van der Waals surface area (Å²) in [4.78, 5) is 0.